The number of nitrogens with one attached hydrogen (secondary N) is 1. The van der Waals surface area contributed by atoms with Crippen LogP contribution >= 0.6 is 11.6 Å². The van der Waals surface area contributed by atoms with Gasteiger partial charge in [-0.25, -0.2) is 4.39 Å². The number of hydrogen-bond donors (Lipinski definition) is 1. The predicted molar refractivity (Wildman–Crippen MR) is 76.6 cm³/mol. The quantitative estimate of drug-likeness (QED) is 0.864. The summed E-state index contributed by atoms with van der Waals surface area (Å²) < 4.78 is 13.5. The lowest BCUT2D eigenvalue weighted by Gasteiger charge is -2.41. The molecule has 0 aliphatic carbocycles. The van der Waals surface area contributed by atoms with Gasteiger partial charge in [0.15, 0.2) is 0 Å². The van der Waals surface area contributed by atoms with Crippen molar-refractivity contribution in [3.05, 3.63) is 34.6 Å². The van der Waals surface area contributed by atoms with Crippen molar-refractivity contribution in [3.63, 3.8) is 0 Å². The maximum Gasteiger partial charge on any atom is 0.255 e. The van der Waals surface area contributed by atoms with E-state index in [2.05, 4.69) is 5.32 Å². The van der Waals surface area contributed by atoms with Crippen LogP contribution in [-0.2, 0) is 4.79 Å². The maximum atomic E-state index is 13.5. The Balaban J connectivity index is 1.75. The van der Waals surface area contributed by atoms with Crippen LogP contribution in [0.4, 0.5) is 4.39 Å². The lowest BCUT2D eigenvalue weighted by atomic mass is 9.85. The van der Waals surface area contributed by atoms with Gasteiger partial charge in [0.25, 0.3) is 5.91 Å². The number of amides is 2. The van der Waals surface area contributed by atoms with Crippen molar-refractivity contribution in [2.45, 2.75) is 25.3 Å². The summed E-state index contributed by atoms with van der Waals surface area (Å²) in [6.07, 6.45) is 2.02. The van der Waals surface area contributed by atoms with Crippen LogP contribution in [0.5, 0.6) is 0 Å². The Morgan fingerprint density at radius 2 is 2.19 bits per heavy atom. The van der Waals surface area contributed by atoms with Gasteiger partial charge in [-0.05, 0) is 30.9 Å². The number of piperidine rings is 2. The minimum Gasteiger partial charge on any atom is -0.353 e. The molecule has 2 atom stereocenters. The molecule has 112 valence electrons. The first-order valence-electron chi connectivity index (χ1n) is 7.09. The molecule has 0 bridgehead atoms. The van der Waals surface area contributed by atoms with Crippen LogP contribution in [0.3, 0.4) is 0 Å². The number of hydrogen-bond acceptors (Lipinski definition) is 2. The molecule has 0 radical (unpaired) electrons. The van der Waals surface area contributed by atoms with Gasteiger partial charge in [0, 0.05) is 25.6 Å². The Morgan fingerprint density at radius 1 is 1.38 bits per heavy atom. The van der Waals surface area contributed by atoms with Crippen molar-refractivity contribution in [3.8, 4) is 0 Å². The molecule has 3 rings (SSSR count). The van der Waals surface area contributed by atoms with Crippen LogP contribution in [0.1, 0.15) is 29.6 Å². The molecule has 2 unspecified atom stereocenters. The molecular formula is C15H16ClFN2O2. The number of halogens is 2. The van der Waals surface area contributed by atoms with Crippen LogP contribution < -0.4 is 5.32 Å². The molecule has 2 fully saturated rings. The zero-order valence-electron chi connectivity index (χ0n) is 11.4. The van der Waals surface area contributed by atoms with Crippen LogP contribution in [0.25, 0.3) is 0 Å². The molecule has 2 aliphatic heterocycles. The third-order valence-corrected chi connectivity index (χ3v) is 4.68. The fourth-order valence-electron chi connectivity index (χ4n) is 3.13. The third kappa shape index (κ3) is 2.75. The number of carbonyl (C=O) groups is 2. The van der Waals surface area contributed by atoms with E-state index >= 15 is 0 Å². The number of likely N-dealkylation sites (tertiary alicyclic amines) is 1. The zero-order chi connectivity index (χ0) is 15.0. The van der Waals surface area contributed by atoms with E-state index in [1.165, 1.54) is 12.1 Å². The fraction of sp³-hybridized carbons (Fsp3) is 0.467. The number of carbonyl (C=O) groups excluding carboxylic acids is 2. The van der Waals surface area contributed by atoms with E-state index in [1.54, 1.807) is 11.0 Å². The lowest BCUT2D eigenvalue weighted by Crippen LogP contribution is -2.55. The highest BCUT2D eigenvalue weighted by atomic mass is 35.5. The number of fused-ring (bicyclic) bond motifs is 1. The van der Waals surface area contributed by atoms with E-state index < -0.39 is 5.82 Å². The smallest absolute Gasteiger partial charge is 0.255 e. The van der Waals surface area contributed by atoms with Crippen LogP contribution in [0.2, 0.25) is 5.02 Å². The molecule has 2 heterocycles. The summed E-state index contributed by atoms with van der Waals surface area (Å²) in [5.74, 6) is -0.464. The Morgan fingerprint density at radius 3 is 3.00 bits per heavy atom. The van der Waals surface area contributed by atoms with Gasteiger partial charge >= 0.3 is 0 Å². The molecule has 2 amide bonds. The van der Waals surface area contributed by atoms with Crippen molar-refractivity contribution in [1.29, 1.82) is 0 Å². The summed E-state index contributed by atoms with van der Waals surface area (Å²) in [5, 5.41) is 2.85. The molecule has 1 aromatic rings. The van der Waals surface area contributed by atoms with Crippen molar-refractivity contribution < 1.29 is 14.0 Å². The second-order valence-corrected chi connectivity index (χ2v) is 5.99. The van der Waals surface area contributed by atoms with Crippen molar-refractivity contribution >= 4 is 23.4 Å². The molecule has 1 aromatic carbocycles. The molecule has 0 aromatic heterocycles. The molecule has 0 saturated carbocycles. The minimum atomic E-state index is -0.581. The van der Waals surface area contributed by atoms with E-state index in [-0.39, 0.29) is 34.4 Å². The van der Waals surface area contributed by atoms with Crippen LogP contribution in [-0.4, -0.2) is 35.8 Å². The molecule has 2 aliphatic rings. The molecule has 21 heavy (non-hydrogen) atoms. The lowest BCUT2D eigenvalue weighted by molar-refractivity contribution is -0.125. The topological polar surface area (TPSA) is 49.4 Å². The molecular weight excluding hydrogens is 295 g/mol. The Hall–Kier alpha value is -1.62. The summed E-state index contributed by atoms with van der Waals surface area (Å²) in [6.45, 7) is 1.13. The van der Waals surface area contributed by atoms with E-state index in [0.29, 0.717) is 19.5 Å². The summed E-state index contributed by atoms with van der Waals surface area (Å²) >= 11 is 5.88. The second kappa shape index (κ2) is 5.64. The molecule has 1 N–H and O–H groups in total. The molecule has 2 saturated heterocycles. The van der Waals surface area contributed by atoms with Crippen LogP contribution in [0, 0.1) is 11.7 Å². The van der Waals surface area contributed by atoms with E-state index in [4.69, 9.17) is 11.6 Å². The standard InChI is InChI=1S/C15H16ClFN2O2/c16-14-10(2-1-3-11(14)17)15(21)19-7-6-12-9(8-19)4-5-13(20)18-12/h1-3,9,12H,4-8H2,(H,18,20). The third-order valence-electron chi connectivity index (χ3n) is 4.29. The summed E-state index contributed by atoms with van der Waals surface area (Å²) in [6, 6.07) is 4.42. The van der Waals surface area contributed by atoms with Gasteiger partial charge in [-0.15, -0.1) is 0 Å². The normalized spacial score (nSPS) is 25.2. The van der Waals surface area contributed by atoms with Gasteiger partial charge in [0.05, 0.1) is 10.6 Å². The van der Waals surface area contributed by atoms with Crippen molar-refractivity contribution in [2.24, 2.45) is 5.92 Å². The molecule has 0 spiro atoms. The highest BCUT2D eigenvalue weighted by molar-refractivity contribution is 6.34. The minimum absolute atomic E-state index is 0.0872. The monoisotopic (exact) mass is 310 g/mol. The van der Waals surface area contributed by atoms with Gasteiger partial charge in [0.2, 0.25) is 5.91 Å². The largest absolute Gasteiger partial charge is 0.353 e. The predicted octanol–water partition coefficient (Wildman–Crippen LogP) is 2.22. The van der Waals surface area contributed by atoms with Crippen LogP contribution in [0.15, 0.2) is 18.2 Å². The first-order chi connectivity index (χ1) is 10.1. The Bertz CT molecular complexity index is 593. The Kier molecular flexibility index (Phi) is 3.85. The zero-order valence-corrected chi connectivity index (χ0v) is 12.2. The van der Waals surface area contributed by atoms with E-state index in [0.717, 1.165) is 12.8 Å². The van der Waals surface area contributed by atoms with Gasteiger partial charge < -0.3 is 10.2 Å². The first kappa shape index (κ1) is 14.3. The molecule has 4 nitrogen and oxygen atoms in total. The maximum absolute atomic E-state index is 13.5. The van der Waals surface area contributed by atoms with E-state index in [1.807, 2.05) is 0 Å². The van der Waals surface area contributed by atoms with Crippen molar-refractivity contribution in [1.82, 2.24) is 10.2 Å². The van der Waals surface area contributed by atoms with Crippen molar-refractivity contribution in [2.75, 3.05) is 13.1 Å². The van der Waals surface area contributed by atoms with Gasteiger partial charge in [0.1, 0.15) is 5.82 Å². The van der Waals surface area contributed by atoms with Gasteiger partial charge in [-0.3, -0.25) is 9.59 Å². The van der Waals surface area contributed by atoms with E-state index in [9.17, 15) is 14.0 Å². The number of benzene rings is 1. The van der Waals surface area contributed by atoms with Gasteiger partial charge in [-0.1, -0.05) is 17.7 Å². The SMILES string of the molecule is O=C1CCC2CN(C(=O)c3cccc(F)c3Cl)CCC2N1. The average Bonchev–Trinajstić information content (AvgIpc) is 2.49. The number of nitrogens with zero attached hydrogens (tertiary/aromatic N) is 1. The highest BCUT2D eigenvalue weighted by Gasteiger charge is 2.35. The summed E-state index contributed by atoms with van der Waals surface area (Å²) in [4.78, 5) is 25.6. The fourth-order valence-corrected chi connectivity index (χ4v) is 3.34. The summed E-state index contributed by atoms with van der Waals surface area (Å²) in [7, 11) is 0. The first-order valence-corrected chi connectivity index (χ1v) is 7.46. The number of rotatable bonds is 1. The average molecular weight is 311 g/mol. The molecule has 6 heteroatoms. The Labute approximate surface area is 127 Å². The van der Waals surface area contributed by atoms with Gasteiger partial charge in [-0.2, -0.15) is 0 Å². The highest BCUT2D eigenvalue weighted by Crippen LogP contribution is 2.28. The second-order valence-electron chi connectivity index (χ2n) is 5.61. The summed E-state index contributed by atoms with van der Waals surface area (Å²) in [5.41, 5.74) is 0.204.